The van der Waals surface area contributed by atoms with Crippen molar-refractivity contribution >= 4 is 28.4 Å². The van der Waals surface area contributed by atoms with Gasteiger partial charge in [-0.25, -0.2) is 4.39 Å². The van der Waals surface area contributed by atoms with Crippen LogP contribution in [0.3, 0.4) is 0 Å². The van der Waals surface area contributed by atoms with Gasteiger partial charge >= 0.3 is 0 Å². The van der Waals surface area contributed by atoms with E-state index >= 15 is 0 Å². The van der Waals surface area contributed by atoms with Gasteiger partial charge in [0.25, 0.3) is 11.7 Å². The second-order valence-electron chi connectivity index (χ2n) is 9.00. The molecular weight excluding hydrogens is 461 g/mol. The van der Waals surface area contributed by atoms with Gasteiger partial charge in [0.2, 0.25) is 0 Å². The highest BCUT2D eigenvalue weighted by molar-refractivity contribution is 6.44. The van der Waals surface area contributed by atoms with E-state index in [4.69, 9.17) is 9.73 Å². The maximum absolute atomic E-state index is 14.3. The zero-order valence-corrected chi connectivity index (χ0v) is 20.2. The average molecular weight is 492 g/mol. The summed E-state index contributed by atoms with van der Waals surface area (Å²) in [5.41, 5.74) is 1.60. The number of carbonyl (C=O) groups excluding carboxylic acids is 2. The topological polar surface area (TPSA) is 81.2 Å². The first-order valence-corrected chi connectivity index (χ1v) is 12.4. The number of nitrogens with one attached hydrogen (secondary N) is 1. The number of nitrogens with zero attached hydrogens (tertiary/aromatic N) is 4. The summed E-state index contributed by atoms with van der Waals surface area (Å²) >= 11 is 0. The number of aliphatic imine (C=N–C) groups is 1. The van der Waals surface area contributed by atoms with Gasteiger partial charge in [-0.3, -0.25) is 19.5 Å². The molecule has 2 aliphatic heterocycles. The van der Waals surface area contributed by atoms with E-state index in [1.54, 1.807) is 17.0 Å². The molecular formula is C27H30FN5O3. The van der Waals surface area contributed by atoms with Gasteiger partial charge in [-0.2, -0.15) is 0 Å². The van der Waals surface area contributed by atoms with E-state index in [1.165, 1.54) is 12.3 Å². The second kappa shape index (κ2) is 11.0. The van der Waals surface area contributed by atoms with E-state index in [2.05, 4.69) is 14.8 Å². The number of hydrogen-bond acceptors (Lipinski definition) is 5. The van der Waals surface area contributed by atoms with Crippen LogP contribution in [-0.2, 0) is 9.53 Å². The number of ether oxygens (including phenoxy) is 1. The van der Waals surface area contributed by atoms with E-state index in [-0.39, 0.29) is 10.9 Å². The Labute approximate surface area is 209 Å². The van der Waals surface area contributed by atoms with Crippen molar-refractivity contribution in [1.29, 1.82) is 0 Å². The first-order chi connectivity index (χ1) is 17.6. The molecule has 0 aliphatic carbocycles. The summed E-state index contributed by atoms with van der Waals surface area (Å²) in [7, 11) is 0. The first-order valence-electron chi connectivity index (χ1n) is 12.4. The fourth-order valence-corrected chi connectivity index (χ4v) is 4.78. The third-order valence-electron chi connectivity index (χ3n) is 6.77. The molecule has 0 saturated carbocycles. The Balaban J connectivity index is 1.25. The highest BCUT2D eigenvalue weighted by Gasteiger charge is 2.30. The number of morpholine rings is 1. The van der Waals surface area contributed by atoms with Gasteiger partial charge < -0.3 is 19.5 Å². The Morgan fingerprint density at radius 2 is 1.64 bits per heavy atom. The maximum Gasteiger partial charge on any atom is 0.295 e. The number of fused-ring (bicyclic) bond motifs is 1. The summed E-state index contributed by atoms with van der Waals surface area (Å²) in [5, 5.41) is 0.160. The number of aromatic nitrogens is 1. The summed E-state index contributed by atoms with van der Waals surface area (Å²) in [6.07, 6.45) is 1.42. The van der Waals surface area contributed by atoms with Crippen molar-refractivity contribution in [2.45, 2.75) is 0 Å². The quantitative estimate of drug-likeness (QED) is 0.248. The molecule has 2 saturated heterocycles. The molecule has 1 aromatic heterocycles. The maximum atomic E-state index is 14.3. The number of ketones is 1. The molecule has 0 unspecified atom stereocenters. The van der Waals surface area contributed by atoms with Crippen LogP contribution in [0, 0.1) is 5.82 Å². The number of aromatic amines is 1. The summed E-state index contributed by atoms with van der Waals surface area (Å²) in [6.45, 7) is 6.82. The number of halogens is 1. The van der Waals surface area contributed by atoms with Gasteiger partial charge in [0, 0.05) is 68.5 Å². The predicted molar refractivity (Wildman–Crippen MR) is 136 cm³/mol. The molecule has 3 aromatic rings. The van der Waals surface area contributed by atoms with Crippen LogP contribution in [0.5, 0.6) is 0 Å². The fraction of sp³-hybridized carbons (Fsp3) is 0.370. The van der Waals surface area contributed by atoms with Gasteiger partial charge in [-0.15, -0.1) is 0 Å². The highest BCUT2D eigenvalue weighted by atomic mass is 19.1. The molecule has 0 atom stereocenters. The Morgan fingerprint density at radius 1 is 0.917 bits per heavy atom. The number of piperazine rings is 1. The number of Topliss-reactive ketones (excluding diaryl/α,β-unsaturated/α-hetero) is 1. The zero-order chi connectivity index (χ0) is 24.9. The smallest absolute Gasteiger partial charge is 0.295 e. The normalized spacial score (nSPS) is 17.5. The molecule has 0 radical (unpaired) electrons. The molecule has 188 valence electrons. The monoisotopic (exact) mass is 491 g/mol. The van der Waals surface area contributed by atoms with E-state index in [9.17, 15) is 14.0 Å². The van der Waals surface area contributed by atoms with Crippen LogP contribution in [0.4, 0.5) is 4.39 Å². The van der Waals surface area contributed by atoms with Crippen LogP contribution in [0.2, 0.25) is 0 Å². The van der Waals surface area contributed by atoms with Crippen LogP contribution in [0.1, 0.15) is 15.9 Å². The minimum atomic E-state index is -0.692. The third kappa shape index (κ3) is 5.17. The first kappa shape index (κ1) is 24.1. The summed E-state index contributed by atoms with van der Waals surface area (Å²) < 4.78 is 19.8. The van der Waals surface area contributed by atoms with E-state index in [1.807, 2.05) is 30.3 Å². The molecule has 1 amide bonds. The average Bonchev–Trinajstić information content (AvgIpc) is 3.37. The number of rotatable bonds is 6. The largest absolute Gasteiger partial charge is 0.379 e. The lowest BCUT2D eigenvalue weighted by Crippen LogP contribution is -2.52. The number of amidine groups is 1. The van der Waals surface area contributed by atoms with Gasteiger partial charge in [-0.05, 0) is 12.1 Å². The zero-order valence-electron chi connectivity index (χ0n) is 20.2. The van der Waals surface area contributed by atoms with Crippen LogP contribution >= 0.6 is 0 Å². The van der Waals surface area contributed by atoms with Crippen molar-refractivity contribution in [3.63, 3.8) is 0 Å². The van der Waals surface area contributed by atoms with E-state index in [0.29, 0.717) is 38.2 Å². The van der Waals surface area contributed by atoms with Crippen LogP contribution in [-0.4, -0.2) is 103 Å². The minimum Gasteiger partial charge on any atom is -0.379 e. The Bertz CT molecular complexity index is 1240. The molecule has 2 aliphatic rings. The van der Waals surface area contributed by atoms with E-state index < -0.39 is 17.5 Å². The summed E-state index contributed by atoms with van der Waals surface area (Å²) in [5.74, 6) is -0.914. The number of carbonyl (C=O) groups is 2. The number of H-pyrrole nitrogens is 1. The molecule has 0 spiro atoms. The van der Waals surface area contributed by atoms with Crippen molar-refractivity contribution in [3.8, 4) is 0 Å². The van der Waals surface area contributed by atoms with Crippen molar-refractivity contribution in [2.75, 3.05) is 65.6 Å². The summed E-state index contributed by atoms with van der Waals surface area (Å²) in [6, 6.07) is 14.6. The van der Waals surface area contributed by atoms with Crippen LogP contribution in [0.15, 0.2) is 59.7 Å². The van der Waals surface area contributed by atoms with Crippen molar-refractivity contribution < 1.29 is 18.7 Å². The SMILES string of the molecule is O=C(C(=O)N1CCN(C(=NCCN2CCOCC2)c2ccccc2)CC1)c1c[nH]c2cccc(F)c12. The van der Waals surface area contributed by atoms with Gasteiger partial charge in [0.1, 0.15) is 11.7 Å². The van der Waals surface area contributed by atoms with Crippen molar-refractivity contribution in [2.24, 2.45) is 4.99 Å². The molecule has 9 heteroatoms. The molecule has 3 heterocycles. The van der Waals surface area contributed by atoms with Crippen molar-refractivity contribution in [3.05, 3.63) is 71.7 Å². The molecule has 5 rings (SSSR count). The molecule has 36 heavy (non-hydrogen) atoms. The van der Waals surface area contributed by atoms with Gasteiger partial charge in [-0.1, -0.05) is 36.4 Å². The minimum absolute atomic E-state index is 0.0742. The van der Waals surface area contributed by atoms with E-state index in [0.717, 1.165) is 44.2 Å². The predicted octanol–water partition coefficient (Wildman–Crippen LogP) is 2.41. The molecule has 0 bridgehead atoms. The number of hydrogen-bond donors (Lipinski definition) is 1. The fourth-order valence-electron chi connectivity index (χ4n) is 4.78. The lowest BCUT2D eigenvalue weighted by Gasteiger charge is -2.36. The van der Waals surface area contributed by atoms with Crippen molar-refractivity contribution in [1.82, 2.24) is 19.7 Å². The van der Waals surface area contributed by atoms with Crippen LogP contribution < -0.4 is 0 Å². The Kier molecular flexibility index (Phi) is 7.39. The lowest BCUT2D eigenvalue weighted by molar-refractivity contribution is -0.127. The number of amides is 1. The lowest BCUT2D eigenvalue weighted by atomic mass is 10.1. The standard InChI is InChI=1S/C27H30FN5O3/c28-22-7-4-8-23-24(22)21(19-30-23)25(34)27(35)33-13-11-32(12-14-33)26(20-5-2-1-3-6-20)29-9-10-31-15-17-36-18-16-31/h1-8,19,30H,9-18H2. The third-order valence-corrected chi connectivity index (χ3v) is 6.77. The van der Waals surface area contributed by atoms with Crippen LogP contribution in [0.25, 0.3) is 10.9 Å². The number of benzene rings is 2. The molecule has 2 fully saturated rings. The molecule has 8 nitrogen and oxygen atoms in total. The van der Waals surface area contributed by atoms with Gasteiger partial charge in [0.15, 0.2) is 0 Å². The summed E-state index contributed by atoms with van der Waals surface area (Å²) in [4.78, 5) is 39.9. The molecule has 2 aromatic carbocycles. The highest BCUT2D eigenvalue weighted by Crippen LogP contribution is 2.23. The molecule has 1 N–H and O–H groups in total. The van der Waals surface area contributed by atoms with Gasteiger partial charge in [0.05, 0.1) is 25.3 Å². The second-order valence-corrected chi connectivity index (χ2v) is 9.00. The Morgan fingerprint density at radius 3 is 2.39 bits per heavy atom. The Hall–Kier alpha value is -3.56.